The van der Waals surface area contributed by atoms with Crippen molar-refractivity contribution in [2.24, 2.45) is 0 Å². The highest BCUT2D eigenvalue weighted by Gasteiger charge is 2.44. The smallest absolute Gasteiger partial charge is 0.295 e. The van der Waals surface area contributed by atoms with Crippen molar-refractivity contribution < 1.29 is 28.2 Å². The van der Waals surface area contributed by atoms with E-state index in [4.69, 9.17) is 18.6 Å². The third-order valence-electron chi connectivity index (χ3n) is 6.33. The molecule has 1 aliphatic rings. The molecule has 8 heteroatoms. The zero-order chi connectivity index (χ0) is 25.6. The lowest BCUT2D eigenvalue weighted by Gasteiger charge is -2.26. The van der Waals surface area contributed by atoms with E-state index >= 15 is 0 Å². The predicted molar refractivity (Wildman–Crippen MR) is 134 cm³/mol. The number of hydrogen-bond donors (Lipinski definition) is 0. The van der Waals surface area contributed by atoms with Gasteiger partial charge in [-0.2, -0.15) is 0 Å². The summed E-state index contributed by atoms with van der Waals surface area (Å²) in [5.74, 6) is 0.544. The van der Waals surface area contributed by atoms with Crippen LogP contribution in [0.25, 0.3) is 11.0 Å². The molecule has 182 valence electrons. The largest absolute Gasteiger partial charge is 0.493 e. The van der Waals surface area contributed by atoms with Crippen molar-refractivity contribution >= 4 is 28.3 Å². The van der Waals surface area contributed by atoms with E-state index in [-0.39, 0.29) is 22.5 Å². The summed E-state index contributed by atoms with van der Waals surface area (Å²) < 4.78 is 22.5. The van der Waals surface area contributed by atoms with E-state index in [0.29, 0.717) is 45.0 Å². The molecule has 1 aromatic heterocycles. The molecule has 3 aromatic carbocycles. The maximum Gasteiger partial charge on any atom is 0.295 e. The number of ketones is 1. The molecule has 2 heterocycles. The highest BCUT2D eigenvalue weighted by Crippen LogP contribution is 2.46. The average Bonchev–Trinajstić information content (AvgIpc) is 3.20. The van der Waals surface area contributed by atoms with Crippen molar-refractivity contribution in [3.8, 4) is 17.2 Å². The van der Waals surface area contributed by atoms with Crippen molar-refractivity contribution in [3.05, 3.63) is 93.3 Å². The van der Waals surface area contributed by atoms with Gasteiger partial charge in [0.15, 0.2) is 22.7 Å². The minimum atomic E-state index is -0.842. The fraction of sp³-hybridized carbons (Fsp3) is 0.179. The number of nitrogens with zero attached hydrogens (tertiary/aromatic N) is 1. The summed E-state index contributed by atoms with van der Waals surface area (Å²) in [4.78, 5) is 40.8. The van der Waals surface area contributed by atoms with Crippen molar-refractivity contribution in [2.45, 2.75) is 13.0 Å². The van der Waals surface area contributed by atoms with Crippen molar-refractivity contribution in [3.63, 3.8) is 0 Å². The molecule has 0 saturated heterocycles. The van der Waals surface area contributed by atoms with Gasteiger partial charge in [0.1, 0.15) is 5.58 Å². The van der Waals surface area contributed by atoms with Crippen LogP contribution >= 0.6 is 0 Å². The third kappa shape index (κ3) is 3.50. The molecule has 4 aromatic rings. The van der Waals surface area contributed by atoms with Gasteiger partial charge in [-0.3, -0.25) is 19.3 Å². The summed E-state index contributed by atoms with van der Waals surface area (Å²) in [6.45, 7) is 1.47. The van der Waals surface area contributed by atoms with Crippen LogP contribution in [-0.4, -0.2) is 33.0 Å². The molecule has 1 aliphatic heterocycles. The summed E-state index contributed by atoms with van der Waals surface area (Å²) in [7, 11) is 4.49. The first kappa shape index (κ1) is 23.2. The number of para-hydroxylation sites is 1. The quantitative estimate of drug-likeness (QED) is 0.363. The van der Waals surface area contributed by atoms with Crippen LogP contribution in [-0.2, 0) is 0 Å². The van der Waals surface area contributed by atoms with Crippen LogP contribution in [0.4, 0.5) is 5.69 Å². The van der Waals surface area contributed by atoms with Gasteiger partial charge in [0.2, 0.25) is 11.5 Å². The third-order valence-corrected chi connectivity index (χ3v) is 6.33. The number of anilines is 1. The van der Waals surface area contributed by atoms with E-state index in [1.807, 2.05) is 0 Å². The van der Waals surface area contributed by atoms with Crippen molar-refractivity contribution in [1.82, 2.24) is 0 Å². The molecule has 0 aliphatic carbocycles. The van der Waals surface area contributed by atoms with E-state index < -0.39 is 11.9 Å². The number of Topliss-reactive ketones (excluding diaryl/α,β-unsaturated/α-hetero) is 1. The number of carbonyl (C=O) groups is 2. The molecule has 1 amide bonds. The number of hydrogen-bond acceptors (Lipinski definition) is 7. The number of methoxy groups -OCH3 is 3. The van der Waals surface area contributed by atoms with Crippen molar-refractivity contribution in [1.29, 1.82) is 0 Å². The Labute approximate surface area is 206 Å². The van der Waals surface area contributed by atoms with Gasteiger partial charge in [-0.1, -0.05) is 12.1 Å². The molecule has 0 spiro atoms. The normalized spacial score (nSPS) is 14.6. The Balaban J connectivity index is 1.80. The first-order valence-corrected chi connectivity index (χ1v) is 11.2. The Morgan fingerprint density at radius 1 is 0.889 bits per heavy atom. The summed E-state index contributed by atoms with van der Waals surface area (Å²) in [6.07, 6.45) is 0. The van der Waals surface area contributed by atoms with Crippen molar-refractivity contribution in [2.75, 3.05) is 26.2 Å². The molecule has 5 rings (SSSR count). The fourth-order valence-electron chi connectivity index (χ4n) is 4.62. The van der Waals surface area contributed by atoms with Gasteiger partial charge in [-0.05, 0) is 61.0 Å². The number of amides is 1. The SMILES string of the molecule is COc1cc(C2c3c(oc4ccccc4c3=O)C(=O)N2c2ccc(C(C)=O)cc2)cc(OC)c1OC. The lowest BCUT2D eigenvalue weighted by molar-refractivity contribution is 0.0970. The van der Waals surface area contributed by atoms with E-state index in [1.54, 1.807) is 60.7 Å². The molecule has 36 heavy (non-hydrogen) atoms. The second-order valence-corrected chi connectivity index (χ2v) is 8.31. The monoisotopic (exact) mass is 485 g/mol. The summed E-state index contributed by atoms with van der Waals surface area (Å²) in [5.41, 5.74) is 1.80. The predicted octanol–water partition coefficient (Wildman–Crippen LogP) is 4.77. The highest BCUT2D eigenvalue weighted by molar-refractivity contribution is 6.11. The fourth-order valence-corrected chi connectivity index (χ4v) is 4.62. The first-order chi connectivity index (χ1) is 17.4. The van der Waals surface area contributed by atoms with Gasteiger partial charge >= 0.3 is 0 Å². The van der Waals surface area contributed by atoms with Gasteiger partial charge in [-0.25, -0.2) is 0 Å². The lowest BCUT2D eigenvalue weighted by Crippen LogP contribution is -2.29. The Hall–Kier alpha value is -4.59. The van der Waals surface area contributed by atoms with Crippen LogP contribution in [0.2, 0.25) is 0 Å². The maximum atomic E-state index is 13.8. The number of fused-ring (bicyclic) bond motifs is 2. The number of benzene rings is 3. The zero-order valence-electron chi connectivity index (χ0n) is 20.2. The topological polar surface area (TPSA) is 95.3 Å². The molecular formula is C28H23NO7. The standard InChI is InChI=1S/C28H23NO7/c1-15(30)16-9-11-18(12-10-16)29-24(17-13-21(33-2)26(35-4)22(14-17)34-3)23-25(31)19-7-5-6-8-20(19)36-27(23)28(29)32/h5-14,24H,1-4H3. The molecule has 1 atom stereocenters. The summed E-state index contributed by atoms with van der Waals surface area (Å²) in [6, 6.07) is 16.0. The van der Waals surface area contributed by atoms with Gasteiger partial charge in [-0.15, -0.1) is 0 Å². The minimum absolute atomic E-state index is 0.0342. The van der Waals surface area contributed by atoms with Gasteiger partial charge in [0.25, 0.3) is 5.91 Å². The van der Waals surface area contributed by atoms with Gasteiger partial charge in [0, 0.05) is 11.3 Å². The molecule has 1 unspecified atom stereocenters. The molecule has 0 radical (unpaired) electrons. The Morgan fingerprint density at radius 3 is 2.11 bits per heavy atom. The van der Waals surface area contributed by atoms with Gasteiger partial charge in [0.05, 0.1) is 38.3 Å². The Morgan fingerprint density at radius 2 is 1.53 bits per heavy atom. The van der Waals surface area contributed by atoms with Crippen LogP contribution in [0.3, 0.4) is 0 Å². The lowest BCUT2D eigenvalue weighted by atomic mass is 9.97. The zero-order valence-corrected chi connectivity index (χ0v) is 20.2. The summed E-state index contributed by atoms with van der Waals surface area (Å²) >= 11 is 0. The van der Waals surface area contributed by atoms with E-state index in [2.05, 4.69) is 0 Å². The van der Waals surface area contributed by atoms with Crippen LogP contribution in [0.15, 0.2) is 69.9 Å². The molecule has 0 N–H and O–H groups in total. The average molecular weight is 485 g/mol. The van der Waals surface area contributed by atoms with Crippen LogP contribution in [0.5, 0.6) is 17.2 Å². The highest BCUT2D eigenvalue weighted by atomic mass is 16.5. The van der Waals surface area contributed by atoms with Crippen LogP contribution in [0.1, 0.15) is 45.0 Å². The second-order valence-electron chi connectivity index (χ2n) is 8.31. The first-order valence-electron chi connectivity index (χ1n) is 11.2. The number of ether oxygens (including phenoxy) is 3. The maximum absolute atomic E-state index is 13.8. The summed E-state index contributed by atoms with van der Waals surface area (Å²) in [5, 5.41) is 0.371. The second kappa shape index (κ2) is 8.88. The number of rotatable bonds is 6. The molecule has 8 nitrogen and oxygen atoms in total. The van der Waals surface area contributed by atoms with Crippen LogP contribution in [0, 0.1) is 0 Å². The van der Waals surface area contributed by atoms with Gasteiger partial charge < -0.3 is 18.6 Å². The van der Waals surface area contributed by atoms with Crippen LogP contribution < -0.4 is 24.5 Å². The van der Waals surface area contributed by atoms with E-state index in [1.165, 1.54) is 33.2 Å². The van der Waals surface area contributed by atoms with E-state index in [9.17, 15) is 14.4 Å². The Bertz CT molecular complexity index is 1540. The molecule has 0 bridgehead atoms. The molecule has 0 fully saturated rings. The molecule has 0 saturated carbocycles. The molecular weight excluding hydrogens is 462 g/mol. The number of carbonyl (C=O) groups excluding carboxylic acids is 2. The minimum Gasteiger partial charge on any atom is -0.493 e. The Kier molecular flexibility index (Phi) is 5.72. The van der Waals surface area contributed by atoms with E-state index in [0.717, 1.165) is 0 Å².